The first-order valence-electron chi connectivity index (χ1n) is 7.43. The lowest BCUT2D eigenvalue weighted by Gasteiger charge is -2.03. The van der Waals surface area contributed by atoms with Gasteiger partial charge in [-0.1, -0.05) is 29.8 Å². The molecule has 0 bridgehead atoms. The Morgan fingerprint density at radius 2 is 1.96 bits per heavy atom. The molecule has 0 amide bonds. The van der Waals surface area contributed by atoms with E-state index >= 15 is 0 Å². The van der Waals surface area contributed by atoms with Crippen LogP contribution < -0.4 is 4.74 Å². The topological polar surface area (TPSA) is 91.3 Å². The Kier molecular flexibility index (Phi) is 5.41. The van der Waals surface area contributed by atoms with E-state index in [2.05, 4.69) is 14.9 Å². The van der Waals surface area contributed by atoms with Gasteiger partial charge in [0.25, 0.3) is 11.6 Å². The summed E-state index contributed by atoms with van der Waals surface area (Å²) in [5.74, 6) is 0.0935. The zero-order chi connectivity index (χ0) is 19.4. The van der Waals surface area contributed by atoms with Crippen LogP contribution in [0.25, 0.3) is 22.6 Å². The van der Waals surface area contributed by atoms with Gasteiger partial charge in [0, 0.05) is 17.7 Å². The number of hydrogen-bond acceptors (Lipinski definition) is 6. The lowest BCUT2D eigenvalue weighted by molar-refractivity contribution is -0.384. The van der Waals surface area contributed by atoms with E-state index in [0.29, 0.717) is 11.1 Å². The summed E-state index contributed by atoms with van der Waals surface area (Å²) in [6, 6.07) is 11.5. The van der Waals surface area contributed by atoms with Gasteiger partial charge in [0.15, 0.2) is 0 Å². The lowest BCUT2D eigenvalue weighted by atomic mass is 10.2. The van der Waals surface area contributed by atoms with E-state index < -0.39 is 11.5 Å². The fourth-order valence-corrected chi connectivity index (χ4v) is 2.34. The second-order valence-electron chi connectivity index (χ2n) is 5.16. The van der Waals surface area contributed by atoms with Crippen LogP contribution in [0.5, 0.6) is 5.75 Å². The van der Waals surface area contributed by atoms with Gasteiger partial charge < -0.3 is 9.15 Å². The highest BCUT2D eigenvalue weighted by Gasteiger charge is 2.14. The van der Waals surface area contributed by atoms with Gasteiger partial charge in [0.1, 0.15) is 10.8 Å². The molecule has 10 heteroatoms. The minimum absolute atomic E-state index is 0.00563. The van der Waals surface area contributed by atoms with Gasteiger partial charge >= 0.3 is 6.61 Å². The monoisotopic (exact) mass is 393 g/mol. The first-order valence-corrected chi connectivity index (χ1v) is 7.81. The number of non-ortho nitro benzene ring substituents is 1. The van der Waals surface area contributed by atoms with Gasteiger partial charge in [-0.3, -0.25) is 10.1 Å². The van der Waals surface area contributed by atoms with E-state index in [-0.39, 0.29) is 28.3 Å². The predicted molar refractivity (Wildman–Crippen MR) is 93.2 cm³/mol. The molecular weight excluding hydrogens is 384 g/mol. The smallest absolute Gasteiger partial charge is 0.387 e. The minimum Gasteiger partial charge on any atom is -0.435 e. The zero-order valence-corrected chi connectivity index (χ0v) is 14.1. The van der Waals surface area contributed by atoms with Crippen LogP contribution in [0.2, 0.25) is 0 Å². The molecule has 0 saturated heterocycles. The van der Waals surface area contributed by atoms with Crippen molar-refractivity contribution in [1.82, 2.24) is 10.2 Å². The quantitative estimate of drug-likeness (QED) is 0.433. The number of alkyl halides is 2. The van der Waals surface area contributed by atoms with Crippen LogP contribution in [0.1, 0.15) is 11.5 Å². The molecule has 3 aromatic rings. The van der Waals surface area contributed by atoms with Crippen LogP contribution >= 0.6 is 11.6 Å². The van der Waals surface area contributed by atoms with E-state index in [1.807, 2.05) is 0 Å². The van der Waals surface area contributed by atoms with E-state index in [1.54, 1.807) is 6.07 Å². The molecule has 0 N–H and O–H groups in total. The molecule has 138 valence electrons. The number of rotatable bonds is 6. The van der Waals surface area contributed by atoms with E-state index in [4.69, 9.17) is 16.0 Å². The molecule has 3 rings (SSSR count). The number of ether oxygens (including phenoxy) is 1. The van der Waals surface area contributed by atoms with Crippen molar-refractivity contribution in [2.45, 2.75) is 6.61 Å². The van der Waals surface area contributed by atoms with Crippen LogP contribution in [0.4, 0.5) is 14.5 Å². The number of nitro benzene ring substituents is 1. The Balaban J connectivity index is 1.80. The average molecular weight is 394 g/mol. The van der Waals surface area contributed by atoms with Crippen molar-refractivity contribution in [3.05, 3.63) is 70.1 Å². The summed E-state index contributed by atoms with van der Waals surface area (Å²) in [6.07, 6.45) is 1.50. The Morgan fingerprint density at radius 3 is 2.63 bits per heavy atom. The summed E-state index contributed by atoms with van der Waals surface area (Å²) in [4.78, 5) is 10.3. The third-order valence-corrected chi connectivity index (χ3v) is 3.60. The third-order valence-electron chi connectivity index (χ3n) is 3.33. The SMILES string of the molecule is O=[N+]([O-])c1cccc(-c2nnc(/C(Cl)=C/c3ccc(OC(F)F)cc3)o2)c1. The lowest BCUT2D eigenvalue weighted by Crippen LogP contribution is -2.01. The van der Waals surface area contributed by atoms with Gasteiger partial charge in [-0.05, 0) is 29.8 Å². The molecule has 0 atom stereocenters. The van der Waals surface area contributed by atoms with E-state index in [0.717, 1.165) is 0 Å². The Morgan fingerprint density at radius 1 is 1.22 bits per heavy atom. The highest BCUT2D eigenvalue weighted by atomic mass is 35.5. The van der Waals surface area contributed by atoms with Crippen molar-refractivity contribution in [1.29, 1.82) is 0 Å². The summed E-state index contributed by atoms with van der Waals surface area (Å²) in [7, 11) is 0. The molecule has 1 heterocycles. The van der Waals surface area contributed by atoms with Gasteiger partial charge in [-0.15, -0.1) is 10.2 Å². The number of nitro groups is 1. The van der Waals surface area contributed by atoms with Gasteiger partial charge in [-0.2, -0.15) is 8.78 Å². The van der Waals surface area contributed by atoms with Gasteiger partial charge in [-0.25, -0.2) is 0 Å². The standard InChI is InChI=1S/C17H10ClF2N3O4/c18-14(8-10-4-6-13(7-5-10)26-17(19)20)16-22-21-15(27-16)11-2-1-3-12(9-11)23(24)25/h1-9,17H/b14-8-. The van der Waals surface area contributed by atoms with Crippen molar-refractivity contribution in [2.75, 3.05) is 0 Å². The highest BCUT2D eigenvalue weighted by Crippen LogP contribution is 2.27. The molecule has 0 radical (unpaired) electrons. The molecule has 0 spiro atoms. The molecule has 27 heavy (non-hydrogen) atoms. The molecule has 0 aliphatic heterocycles. The second kappa shape index (κ2) is 7.92. The number of halogens is 3. The predicted octanol–water partition coefficient (Wildman–Crippen LogP) is 4.98. The fourth-order valence-electron chi connectivity index (χ4n) is 2.14. The number of aromatic nitrogens is 2. The van der Waals surface area contributed by atoms with Crippen LogP contribution in [0, 0.1) is 10.1 Å². The minimum atomic E-state index is -2.90. The Labute approximate surface area is 156 Å². The van der Waals surface area contributed by atoms with Crippen LogP contribution in [0.15, 0.2) is 52.9 Å². The van der Waals surface area contributed by atoms with Crippen LogP contribution in [-0.4, -0.2) is 21.7 Å². The Bertz CT molecular complexity index is 990. The maximum atomic E-state index is 12.1. The first-order chi connectivity index (χ1) is 12.9. The maximum Gasteiger partial charge on any atom is 0.387 e. The second-order valence-corrected chi connectivity index (χ2v) is 5.57. The van der Waals surface area contributed by atoms with Crippen LogP contribution in [-0.2, 0) is 0 Å². The van der Waals surface area contributed by atoms with Crippen molar-refractivity contribution in [3.8, 4) is 17.2 Å². The normalized spacial score (nSPS) is 11.6. The largest absolute Gasteiger partial charge is 0.435 e. The van der Waals surface area contributed by atoms with Crippen LogP contribution in [0.3, 0.4) is 0 Å². The molecule has 1 aromatic heterocycles. The number of benzene rings is 2. The highest BCUT2D eigenvalue weighted by molar-refractivity contribution is 6.50. The summed E-state index contributed by atoms with van der Waals surface area (Å²) in [5.41, 5.74) is 0.859. The third kappa shape index (κ3) is 4.64. The fraction of sp³-hybridized carbons (Fsp3) is 0.0588. The molecule has 0 unspecified atom stereocenters. The summed E-state index contributed by atoms with van der Waals surface area (Å²) in [6.45, 7) is -2.90. The Hall–Kier alpha value is -3.33. The van der Waals surface area contributed by atoms with Gasteiger partial charge in [0.05, 0.1) is 4.92 Å². The average Bonchev–Trinajstić information content (AvgIpc) is 3.13. The summed E-state index contributed by atoms with van der Waals surface area (Å²) >= 11 is 6.15. The van der Waals surface area contributed by atoms with Crippen molar-refractivity contribution in [3.63, 3.8) is 0 Å². The number of hydrogen-bond donors (Lipinski definition) is 0. The number of nitrogens with zero attached hydrogens (tertiary/aromatic N) is 3. The van der Waals surface area contributed by atoms with Gasteiger partial charge in [0.2, 0.25) is 5.89 Å². The zero-order valence-electron chi connectivity index (χ0n) is 13.4. The first kappa shape index (κ1) is 18.5. The molecule has 0 aliphatic rings. The molecule has 0 fully saturated rings. The molecule has 0 saturated carbocycles. The molecule has 0 aliphatic carbocycles. The van der Waals surface area contributed by atoms with Crippen molar-refractivity contribution in [2.24, 2.45) is 0 Å². The summed E-state index contributed by atoms with van der Waals surface area (Å²) < 4.78 is 34.0. The van der Waals surface area contributed by atoms with E-state index in [1.165, 1.54) is 48.5 Å². The maximum absolute atomic E-state index is 12.1. The molecule has 7 nitrogen and oxygen atoms in total. The molecule has 2 aromatic carbocycles. The summed E-state index contributed by atoms with van der Waals surface area (Å²) in [5, 5.41) is 18.6. The molecular formula is C17H10ClF2N3O4. The van der Waals surface area contributed by atoms with Crippen molar-refractivity contribution < 1.29 is 22.9 Å². The van der Waals surface area contributed by atoms with E-state index in [9.17, 15) is 18.9 Å². The van der Waals surface area contributed by atoms with Crippen molar-refractivity contribution >= 4 is 28.4 Å².